The molecular formula is C8H12N4O. The molecule has 2 rings (SSSR count). The molecule has 0 spiro atoms. The van der Waals surface area contributed by atoms with Gasteiger partial charge in [0.25, 0.3) is 0 Å². The molecular weight excluding hydrogens is 168 g/mol. The molecule has 0 aliphatic carbocycles. The highest BCUT2D eigenvalue weighted by molar-refractivity contribution is 5.73. The number of hydrogen-bond acceptors (Lipinski definition) is 4. The Morgan fingerprint density at radius 2 is 2.08 bits per heavy atom. The summed E-state index contributed by atoms with van der Waals surface area (Å²) in [5.74, 6) is 0. The van der Waals surface area contributed by atoms with Crippen molar-refractivity contribution in [2.75, 3.05) is 6.54 Å². The maximum atomic E-state index is 8.95. The van der Waals surface area contributed by atoms with Crippen LogP contribution in [-0.4, -0.2) is 26.9 Å². The van der Waals surface area contributed by atoms with Gasteiger partial charge in [0.1, 0.15) is 11.0 Å². The van der Waals surface area contributed by atoms with E-state index in [1.165, 1.54) is 0 Å². The van der Waals surface area contributed by atoms with E-state index in [-0.39, 0.29) is 0 Å². The molecule has 2 aromatic rings. The third-order valence-corrected chi connectivity index (χ3v) is 1.33. The standard InChI is InChI=1S/C6H5N3O.C2H7N/c10-9-6-4-2-1-3-5(6)7-8-9;1-2-3/h1-4,10H;2-3H2,1H3. The van der Waals surface area contributed by atoms with E-state index in [9.17, 15) is 0 Å². The van der Waals surface area contributed by atoms with E-state index in [1.54, 1.807) is 12.1 Å². The number of para-hydroxylation sites is 1. The minimum atomic E-state index is 0.627. The van der Waals surface area contributed by atoms with Crippen LogP contribution in [0.5, 0.6) is 0 Å². The summed E-state index contributed by atoms with van der Waals surface area (Å²) in [6.07, 6.45) is 0. The van der Waals surface area contributed by atoms with E-state index in [4.69, 9.17) is 10.9 Å². The van der Waals surface area contributed by atoms with Crippen LogP contribution in [0.3, 0.4) is 0 Å². The lowest BCUT2D eigenvalue weighted by Gasteiger charge is -1.85. The van der Waals surface area contributed by atoms with Gasteiger partial charge in [-0.05, 0) is 23.9 Å². The van der Waals surface area contributed by atoms with E-state index in [2.05, 4.69) is 10.3 Å². The molecule has 1 aromatic heterocycles. The summed E-state index contributed by atoms with van der Waals surface area (Å²) in [7, 11) is 0. The molecule has 0 amide bonds. The molecule has 3 N–H and O–H groups in total. The summed E-state index contributed by atoms with van der Waals surface area (Å²) in [5, 5.41) is 16.1. The van der Waals surface area contributed by atoms with Crippen LogP contribution in [-0.2, 0) is 0 Å². The number of nitrogens with two attached hydrogens (primary N) is 1. The SMILES string of the molecule is CCN.On1nnc2ccccc21. The van der Waals surface area contributed by atoms with Gasteiger partial charge in [0, 0.05) is 0 Å². The molecule has 0 radical (unpaired) electrons. The number of benzene rings is 1. The fraction of sp³-hybridized carbons (Fsp3) is 0.250. The largest absolute Gasteiger partial charge is 0.410 e. The lowest BCUT2D eigenvalue weighted by Crippen LogP contribution is -1.90. The van der Waals surface area contributed by atoms with Crippen molar-refractivity contribution < 1.29 is 5.21 Å². The molecule has 0 atom stereocenters. The number of nitrogens with zero attached hydrogens (tertiary/aromatic N) is 3. The molecule has 5 heteroatoms. The van der Waals surface area contributed by atoms with Gasteiger partial charge in [-0.3, -0.25) is 0 Å². The molecule has 0 bridgehead atoms. The zero-order chi connectivity index (χ0) is 9.68. The molecule has 0 fully saturated rings. The topological polar surface area (TPSA) is 77.0 Å². The predicted molar refractivity (Wildman–Crippen MR) is 49.4 cm³/mol. The second kappa shape index (κ2) is 4.42. The van der Waals surface area contributed by atoms with Gasteiger partial charge >= 0.3 is 0 Å². The molecule has 0 aliphatic heterocycles. The molecule has 70 valence electrons. The zero-order valence-corrected chi connectivity index (χ0v) is 7.38. The van der Waals surface area contributed by atoms with Crippen molar-refractivity contribution in [3.05, 3.63) is 24.3 Å². The van der Waals surface area contributed by atoms with E-state index in [0.717, 1.165) is 11.4 Å². The van der Waals surface area contributed by atoms with Crippen molar-refractivity contribution in [3.63, 3.8) is 0 Å². The van der Waals surface area contributed by atoms with Gasteiger partial charge in [0.2, 0.25) is 0 Å². The van der Waals surface area contributed by atoms with Gasteiger partial charge in [-0.1, -0.05) is 23.9 Å². The Balaban J connectivity index is 0.000000251. The minimum absolute atomic E-state index is 0.627. The summed E-state index contributed by atoms with van der Waals surface area (Å²) in [6, 6.07) is 7.19. The van der Waals surface area contributed by atoms with Crippen molar-refractivity contribution in [1.82, 2.24) is 15.2 Å². The van der Waals surface area contributed by atoms with Gasteiger partial charge in [-0.2, -0.15) is 0 Å². The summed E-state index contributed by atoms with van der Waals surface area (Å²) in [6.45, 7) is 2.65. The number of hydrogen-bond donors (Lipinski definition) is 2. The first-order valence-electron chi connectivity index (χ1n) is 3.99. The van der Waals surface area contributed by atoms with Crippen molar-refractivity contribution in [3.8, 4) is 0 Å². The van der Waals surface area contributed by atoms with Gasteiger partial charge in [-0.15, -0.1) is 5.10 Å². The maximum Gasteiger partial charge on any atom is 0.130 e. The van der Waals surface area contributed by atoms with Crippen LogP contribution in [0.25, 0.3) is 11.0 Å². The van der Waals surface area contributed by atoms with Crippen LogP contribution < -0.4 is 5.73 Å². The zero-order valence-electron chi connectivity index (χ0n) is 7.38. The number of fused-ring (bicyclic) bond motifs is 1. The van der Waals surface area contributed by atoms with Gasteiger partial charge in [-0.25, -0.2) is 0 Å². The molecule has 0 unspecified atom stereocenters. The van der Waals surface area contributed by atoms with Crippen molar-refractivity contribution in [2.45, 2.75) is 6.92 Å². The molecule has 1 heterocycles. The Kier molecular flexibility index (Phi) is 3.22. The first-order chi connectivity index (χ1) is 6.29. The third-order valence-electron chi connectivity index (χ3n) is 1.33. The van der Waals surface area contributed by atoms with Crippen molar-refractivity contribution in [1.29, 1.82) is 0 Å². The fourth-order valence-corrected chi connectivity index (χ4v) is 0.857. The Hall–Kier alpha value is -1.62. The van der Waals surface area contributed by atoms with E-state index in [1.807, 2.05) is 19.1 Å². The number of aromatic nitrogens is 3. The molecule has 1 aromatic carbocycles. The summed E-state index contributed by atoms with van der Waals surface area (Å²) in [4.78, 5) is 0.759. The number of rotatable bonds is 0. The van der Waals surface area contributed by atoms with Gasteiger partial charge in [0.05, 0.1) is 0 Å². The lowest BCUT2D eigenvalue weighted by atomic mass is 10.3. The molecule has 5 nitrogen and oxygen atoms in total. The van der Waals surface area contributed by atoms with Crippen molar-refractivity contribution >= 4 is 11.0 Å². The minimum Gasteiger partial charge on any atom is -0.410 e. The second-order valence-corrected chi connectivity index (χ2v) is 2.38. The monoisotopic (exact) mass is 180 g/mol. The fourth-order valence-electron chi connectivity index (χ4n) is 0.857. The average molecular weight is 180 g/mol. The third kappa shape index (κ3) is 2.16. The van der Waals surface area contributed by atoms with Gasteiger partial charge < -0.3 is 10.9 Å². The Morgan fingerprint density at radius 3 is 2.69 bits per heavy atom. The molecule has 0 aliphatic rings. The van der Waals surface area contributed by atoms with Crippen LogP contribution in [0.1, 0.15) is 6.92 Å². The highest BCUT2D eigenvalue weighted by Gasteiger charge is 1.98. The highest BCUT2D eigenvalue weighted by atomic mass is 16.5. The van der Waals surface area contributed by atoms with Crippen LogP contribution in [0.4, 0.5) is 0 Å². The maximum absolute atomic E-state index is 8.95. The summed E-state index contributed by atoms with van der Waals surface area (Å²) in [5.41, 5.74) is 6.17. The Bertz CT molecular complexity index is 371. The second-order valence-electron chi connectivity index (χ2n) is 2.38. The summed E-state index contributed by atoms with van der Waals surface area (Å²) < 4.78 is 0. The predicted octanol–water partition coefficient (Wildman–Crippen LogP) is 0.634. The van der Waals surface area contributed by atoms with Crippen LogP contribution in [0.2, 0.25) is 0 Å². The van der Waals surface area contributed by atoms with Crippen molar-refractivity contribution in [2.24, 2.45) is 5.73 Å². The van der Waals surface area contributed by atoms with Crippen LogP contribution in [0, 0.1) is 0 Å². The Morgan fingerprint density at radius 1 is 1.46 bits per heavy atom. The van der Waals surface area contributed by atoms with Crippen LogP contribution in [0.15, 0.2) is 24.3 Å². The molecule has 0 saturated heterocycles. The van der Waals surface area contributed by atoms with Crippen LogP contribution >= 0.6 is 0 Å². The quantitative estimate of drug-likeness (QED) is 0.583. The normalized spacial score (nSPS) is 9.38. The van der Waals surface area contributed by atoms with Gasteiger partial charge in [0.15, 0.2) is 0 Å². The Labute approximate surface area is 75.7 Å². The van der Waals surface area contributed by atoms with E-state index in [0.29, 0.717) is 11.0 Å². The van der Waals surface area contributed by atoms with E-state index < -0.39 is 0 Å². The lowest BCUT2D eigenvalue weighted by molar-refractivity contribution is 0.155. The molecule has 13 heavy (non-hydrogen) atoms. The first kappa shape index (κ1) is 9.47. The first-order valence-corrected chi connectivity index (χ1v) is 3.99. The highest BCUT2D eigenvalue weighted by Crippen LogP contribution is 2.06. The van der Waals surface area contributed by atoms with E-state index >= 15 is 0 Å². The molecule has 0 saturated carbocycles. The summed E-state index contributed by atoms with van der Waals surface area (Å²) >= 11 is 0. The smallest absolute Gasteiger partial charge is 0.130 e. The average Bonchev–Trinajstić information content (AvgIpc) is 2.50.